The quantitative estimate of drug-likeness (QED) is 0.111. The highest BCUT2D eigenvalue weighted by Gasteiger charge is 2.22. The Morgan fingerprint density at radius 2 is 1.53 bits per heavy atom. The second kappa shape index (κ2) is 11.7. The maximum Gasteiger partial charge on any atom is 0.336 e. The van der Waals surface area contributed by atoms with Crippen molar-refractivity contribution in [3.8, 4) is 28.2 Å². The Labute approximate surface area is 260 Å². The van der Waals surface area contributed by atoms with Crippen molar-refractivity contribution in [3.05, 3.63) is 113 Å². The molecule has 0 bridgehead atoms. The smallest absolute Gasteiger partial charge is 0.336 e. The third-order valence-electron chi connectivity index (χ3n) is 6.67. The molecular formula is C31H21N5O7S2. The van der Waals surface area contributed by atoms with Crippen LogP contribution in [0.2, 0.25) is 0 Å². The minimum Gasteiger partial charge on any atom is -0.508 e. The lowest BCUT2D eigenvalue weighted by Gasteiger charge is -2.18. The number of fused-ring (bicyclic) bond motifs is 2. The molecule has 0 saturated carbocycles. The largest absolute Gasteiger partial charge is 0.508 e. The second-order valence-electron chi connectivity index (χ2n) is 9.66. The second-order valence-corrected chi connectivity index (χ2v) is 11.8. The van der Waals surface area contributed by atoms with E-state index >= 15 is 0 Å². The van der Waals surface area contributed by atoms with Gasteiger partial charge in [-0.3, -0.25) is 4.79 Å². The molecule has 4 aromatic rings. The van der Waals surface area contributed by atoms with Crippen molar-refractivity contribution in [2.75, 3.05) is 15.4 Å². The number of carboxylic acids is 1. The first-order chi connectivity index (χ1) is 21.6. The van der Waals surface area contributed by atoms with E-state index in [2.05, 4.69) is 25.3 Å². The number of thiocarbonyl (C=S) groups is 1. The molecule has 1 aliphatic carbocycles. The van der Waals surface area contributed by atoms with Crippen LogP contribution in [0, 0.1) is 0 Å². The molecule has 0 unspecified atom stereocenters. The van der Waals surface area contributed by atoms with Crippen molar-refractivity contribution in [3.63, 3.8) is 0 Å². The van der Waals surface area contributed by atoms with Crippen LogP contribution in [0.25, 0.3) is 33.4 Å². The van der Waals surface area contributed by atoms with Gasteiger partial charge in [-0.2, -0.15) is 0 Å². The topological polar surface area (TPSA) is 184 Å². The Hall–Kier alpha value is -5.86. The molecule has 0 atom stereocenters. The number of phenols is 1. The lowest BCUT2D eigenvalue weighted by Crippen LogP contribution is -2.19. The summed E-state index contributed by atoms with van der Waals surface area (Å²) in [7, 11) is -3.92. The van der Waals surface area contributed by atoms with Crippen LogP contribution in [-0.2, 0) is 10.0 Å². The summed E-state index contributed by atoms with van der Waals surface area (Å²) < 4.78 is 33.4. The number of benzene rings is 4. The van der Waals surface area contributed by atoms with Gasteiger partial charge in [0.15, 0.2) is 10.5 Å². The van der Waals surface area contributed by atoms with Crippen molar-refractivity contribution < 1.29 is 27.8 Å². The van der Waals surface area contributed by atoms with Gasteiger partial charge in [-0.05, 0) is 84.5 Å². The number of sulfonamides is 1. The molecule has 45 heavy (non-hydrogen) atoms. The van der Waals surface area contributed by atoms with E-state index in [0.717, 1.165) is 0 Å². The van der Waals surface area contributed by atoms with E-state index in [4.69, 9.17) is 16.6 Å². The lowest BCUT2D eigenvalue weighted by atomic mass is 9.90. The van der Waals surface area contributed by atoms with Crippen LogP contribution >= 0.6 is 12.2 Å². The number of carboxylic acid groups (broad SMARTS) is 1. The summed E-state index contributed by atoms with van der Waals surface area (Å²) in [5.74, 6) is -1.08. The fraction of sp³-hybridized carbons (Fsp3) is 0. The summed E-state index contributed by atoms with van der Waals surface area (Å²) in [6.45, 7) is 0. The molecule has 14 heteroatoms. The van der Waals surface area contributed by atoms with Gasteiger partial charge in [0.25, 0.3) is 10.0 Å². The van der Waals surface area contributed by atoms with Crippen molar-refractivity contribution in [2.24, 2.45) is 0 Å². The first-order valence-corrected chi connectivity index (χ1v) is 15.0. The van der Waals surface area contributed by atoms with E-state index in [-0.39, 0.29) is 44.0 Å². The van der Waals surface area contributed by atoms with Crippen LogP contribution in [0.5, 0.6) is 5.75 Å². The van der Waals surface area contributed by atoms with Gasteiger partial charge < -0.3 is 25.3 Å². The third-order valence-corrected chi connectivity index (χ3v) is 8.22. The van der Waals surface area contributed by atoms with Gasteiger partial charge in [0, 0.05) is 52.4 Å². The third kappa shape index (κ3) is 6.13. The molecule has 6 rings (SSSR count). The summed E-state index contributed by atoms with van der Waals surface area (Å²) in [5.41, 5.74) is 2.16. The molecule has 1 aromatic heterocycles. The van der Waals surface area contributed by atoms with Crippen LogP contribution in [-0.4, -0.2) is 39.7 Å². The molecule has 0 amide bonds. The molecule has 5 N–H and O–H groups in total. The van der Waals surface area contributed by atoms with Gasteiger partial charge in [-0.1, -0.05) is 6.07 Å². The number of nitrogens with zero attached hydrogens (tertiary/aromatic N) is 2. The summed E-state index contributed by atoms with van der Waals surface area (Å²) in [6.07, 6.45) is 2.83. The zero-order valence-electron chi connectivity index (χ0n) is 22.9. The van der Waals surface area contributed by atoms with Crippen molar-refractivity contribution in [2.45, 2.75) is 4.90 Å². The number of aromatic carboxylic acids is 1. The van der Waals surface area contributed by atoms with Gasteiger partial charge >= 0.3 is 5.97 Å². The highest BCUT2D eigenvalue weighted by atomic mass is 32.2. The van der Waals surface area contributed by atoms with Gasteiger partial charge in [0.05, 0.1) is 10.5 Å². The van der Waals surface area contributed by atoms with Crippen LogP contribution in [0.1, 0.15) is 10.4 Å². The monoisotopic (exact) mass is 639 g/mol. The summed E-state index contributed by atoms with van der Waals surface area (Å²) in [5, 5.41) is 26.8. The number of carbonyl (C=O) groups is 1. The van der Waals surface area contributed by atoms with Gasteiger partial charge in [-0.25, -0.2) is 27.9 Å². The summed E-state index contributed by atoms with van der Waals surface area (Å²) >= 11 is 5.41. The van der Waals surface area contributed by atoms with Crippen LogP contribution in [0.4, 0.5) is 17.3 Å². The van der Waals surface area contributed by atoms with Gasteiger partial charge in [0.1, 0.15) is 17.1 Å². The van der Waals surface area contributed by atoms with Crippen LogP contribution in [0.15, 0.2) is 111 Å². The molecule has 0 spiro atoms. The van der Waals surface area contributed by atoms with Crippen molar-refractivity contribution >= 4 is 61.6 Å². The number of rotatable bonds is 7. The number of phenolic OH excluding ortho intramolecular Hbond substituents is 1. The Morgan fingerprint density at radius 1 is 0.844 bits per heavy atom. The fourth-order valence-corrected chi connectivity index (χ4v) is 5.90. The molecule has 1 aliphatic heterocycles. The number of hydrogen-bond donors (Lipinski definition) is 5. The number of nitrogens with one attached hydrogen (secondary N) is 3. The number of aromatic nitrogens is 2. The molecule has 224 valence electrons. The molecule has 0 fully saturated rings. The molecular weight excluding hydrogens is 619 g/mol. The van der Waals surface area contributed by atoms with Gasteiger partial charge in [0.2, 0.25) is 5.95 Å². The lowest BCUT2D eigenvalue weighted by molar-refractivity contribution is 0.0697. The summed E-state index contributed by atoms with van der Waals surface area (Å²) in [4.78, 5) is 32.2. The minimum atomic E-state index is -3.92. The number of anilines is 3. The molecule has 0 saturated heterocycles. The highest BCUT2D eigenvalue weighted by molar-refractivity contribution is 7.92. The standard InChI is InChI=1S/C31H21N5O7S2/c37-19-5-10-23-26(15-19)43-27-16-20(38)6-11-24(27)28(23)22-9-4-18(14-25(22)29(39)40)35-31(44)34-17-2-7-21(8-3-17)45(41,42)36-30-32-12-1-13-33-30/h1-16,37H,(H,39,40)(H,32,33,36)(H2,34,35,44). The number of hydrogen-bond acceptors (Lipinski definition) is 9. The highest BCUT2D eigenvalue weighted by Crippen LogP contribution is 2.42. The van der Waals surface area contributed by atoms with E-state index in [0.29, 0.717) is 33.5 Å². The molecule has 12 nitrogen and oxygen atoms in total. The maximum atomic E-state index is 12.6. The van der Waals surface area contributed by atoms with Crippen LogP contribution < -0.4 is 20.8 Å². The zero-order chi connectivity index (χ0) is 31.7. The Balaban J connectivity index is 1.26. The average molecular weight is 640 g/mol. The van der Waals surface area contributed by atoms with Crippen molar-refractivity contribution in [1.82, 2.24) is 9.97 Å². The SMILES string of the molecule is O=C(O)c1cc(NC(=S)Nc2ccc(S(=O)(=O)Nc3ncccn3)cc2)ccc1-c1c2ccc(=O)cc-2oc2cc(O)ccc12. The average Bonchev–Trinajstić information content (AvgIpc) is 3.00. The zero-order valence-corrected chi connectivity index (χ0v) is 24.5. The van der Waals surface area contributed by atoms with Crippen LogP contribution in [0.3, 0.4) is 0 Å². The van der Waals surface area contributed by atoms with Gasteiger partial charge in [-0.15, -0.1) is 0 Å². The van der Waals surface area contributed by atoms with Crippen molar-refractivity contribution in [1.29, 1.82) is 0 Å². The van der Waals surface area contributed by atoms with E-state index in [1.807, 2.05) is 0 Å². The first-order valence-electron chi connectivity index (χ1n) is 13.1. The van der Waals surface area contributed by atoms with E-state index in [1.54, 1.807) is 30.3 Å². The predicted octanol–water partition coefficient (Wildman–Crippen LogP) is 5.37. The van der Waals surface area contributed by atoms with E-state index < -0.39 is 16.0 Å². The summed E-state index contributed by atoms with van der Waals surface area (Å²) in [6, 6.07) is 20.8. The van der Waals surface area contributed by atoms with E-state index in [9.17, 15) is 28.2 Å². The Kier molecular flexibility index (Phi) is 7.58. The molecule has 2 aliphatic rings. The minimum absolute atomic E-state index is 0.0171. The molecule has 0 radical (unpaired) electrons. The first kappa shape index (κ1) is 29.2. The molecule has 2 heterocycles. The fourth-order valence-electron chi connectivity index (χ4n) is 4.71. The number of aromatic hydroxyl groups is 1. The normalized spacial score (nSPS) is 11.3. The molecule has 3 aromatic carbocycles. The maximum absolute atomic E-state index is 12.6. The Bertz CT molecular complexity index is 2240. The van der Waals surface area contributed by atoms with E-state index in [1.165, 1.54) is 67.0 Å². The Morgan fingerprint density at radius 3 is 2.27 bits per heavy atom. The predicted molar refractivity (Wildman–Crippen MR) is 172 cm³/mol.